The maximum absolute atomic E-state index is 10.7. The standard InChI is InChI=1S/C8H17NO2/c1-4-5-6-11-8(2,3)7(9)10/h4-6H2,1-3H3,(H2,9,10). The van der Waals surface area contributed by atoms with E-state index >= 15 is 0 Å². The molecule has 2 N–H and O–H groups in total. The Morgan fingerprint density at radius 3 is 2.45 bits per heavy atom. The second-order valence-corrected chi connectivity index (χ2v) is 3.08. The predicted octanol–water partition coefficient (Wildman–Crippen LogP) is 1.07. The van der Waals surface area contributed by atoms with Gasteiger partial charge < -0.3 is 10.5 Å². The Morgan fingerprint density at radius 1 is 1.55 bits per heavy atom. The van der Waals surface area contributed by atoms with Crippen LogP contribution >= 0.6 is 0 Å². The molecule has 0 aromatic carbocycles. The van der Waals surface area contributed by atoms with Crippen LogP contribution in [0.3, 0.4) is 0 Å². The van der Waals surface area contributed by atoms with Crippen molar-refractivity contribution in [1.82, 2.24) is 0 Å². The highest BCUT2D eigenvalue weighted by Gasteiger charge is 2.24. The summed E-state index contributed by atoms with van der Waals surface area (Å²) in [6, 6.07) is 0. The van der Waals surface area contributed by atoms with Crippen LogP contribution in [0.5, 0.6) is 0 Å². The summed E-state index contributed by atoms with van der Waals surface area (Å²) in [4.78, 5) is 10.7. The van der Waals surface area contributed by atoms with Gasteiger partial charge in [0.15, 0.2) is 0 Å². The lowest BCUT2D eigenvalue weighted by atomic mass is 10.1. The summed E-state index contributed by atoms with van der Waals surface area (Å²) in [6.45, 7) is 6.04. The van der Waals surface area contributed by atoms with Crippen molar-refractivity contribution in [2.24, 2.45) is 5.73 Å². The van der Waals surface area contributed by atoms with E-state index in [2.05, 4.69) is 6.92 Å². The van der Waals surface area contributed by atoms with E-state index in [0.29, 0.717) is 6.61 Å². The minimum absolute atomic E-state index is 0.409. The molecular formula is C8H17NO2. The van der Waals surface area contributed by atoms with Gasteiger partial charge in [-0.05, 0) is 20.3 Å². The van der Waals surface area contributed by atoms with E-state index in [1.165, 1.54) is 0 Å². The highest BCUT2D eigenvalue weighted by atomic mass is 16.5. The number of unbranched alkanes of at least 4 members (excludes halogenated alkanes) is 1. The van der Waals surface area contributed by atoms with Gasteiger partial charge in [0, 0.05) is 6.61 Å². The van der Waals surface area contributed by atoms with Crippen molar-refractivity contribution in [3.8, 4) is 0 Å². The van der Waals surface area contributed by atoms with E-state index in [1.807, 2.05) is 0 Å². The normalized spacial score (nSPS) is 11.5. The molecule has 0 fully saturated rings. The first-order chi connectivity index (χ1) is 5.00. The SMILES string of the molecule is CCCCOC(C)(C)C(N)=O. The first-order valence-corrected chi connectivity index (χ1v) is 3.94. The molecule has 3 nitrogen and oxygen atoms in total. The average molecular weight is 159 g/mol. The third-order valence-electron chi connectivity index (χ3n) is 1.55. The van der Waals surface area contributed by atoms with E-state index in [-0.39, 0.29) is 0 Å². The second kappa shape index (κ2) is 4.34. The van der Waals surface area contributed by atoms with Crippen molar-refractivity contribution in [3.05, 3.63) is 0 Å². The van der Waals surface area contributed by atoms with E-state index < -0.39 is 11.5 Å². The van der Waals surface area contributed by atoms with Crippen molar-refractivity contribution in [2.75, 3.05) is 6.61 Å². The molecule has 0 bridgehead atoms. The van der Waals surface area contributed by atoms with Gasteiger partial charge in [0.1, 0.15) is 5.60 Å². The Bertz CT molecular complexity index is 132. The summed E-state index contributed by atoms with van der Waals surface area (Å²) in [6.07, 6.45) is 2.03. The van der Waals surface area contributed by atoms with Crippen LogP contribution in [0, 0.1) is 0 Å². The lowest BCUT2D eigenvalue weighted by Gasteiger charge is -2.20. The van der Waals surface area contributed by atoms with Gasteiger partial charge in [0.2, 0.25) is 5.91 Å². The monoisotopic (exact) mass is 159 g/mol. The first-order valence-electron chi connectivity index (χ1n) is 3.94. The number of primary amides is 1. The molecule has 0 aliphatic carbocycles. The largest absolute Gasteiger partial charge is 0.367 e. The van der Waals surface area contributed by atoms with Crippen LogP contribution in [0.4, 0.5) is 0 Å². The molecule has 0 spiro atoms. The molecule has 0 saturated heterocycles. The first kappa shape index (κ1) is 10.4. The summed E-state index contributed by atoms with van der Waals surface area (Å²) in [7, 11) is 0. The van der Waals surface area contributed by atoms with Crippen LogP contribution in [0.2, 0.25) is 0 Å². The number of hydrogen-bond donors (Lipinski definition) is 1. The van der Waals surface area contributed by atoms with Gasteiger partial charge >= 0.3 is 0 Å². The third-order valence-corrected chi connectivity index (χ3v) is 1.55. The zero-order chi connectivity index (χ0) is 8.91. The Labute approximate surface area is 67.9 Å². The highest BCUT2D eigenvalue weighted by molar-refractivity contribution is 5.82. The average Bonchev–Trinajstić information content (AvgIpc) is 1.88. The van der Waals surface area contributed by atoms with Gasteiger partial charge in [0.25, 0.3) is 0 Å². The molecule has 66 valence electrons. The number of hydrogen-bond acceptors (Lipinski definition) is 2. The molecule has 0 unspecified atom stereocenters. The topological polar surface area (TPSA) is 52.3 Å². The summed E-state index contributed by atoms with van der Waals surface area (Å²) in [5, 5.41) is 0. The number of rotatable bonds is 5. The van der Waals surface area contributed by atoms with Crippen molar-refractivity contribution in [1.29, 1.82) is 0 Å². The van der Waals surface area contributed by atoms with Gasteiger partial charge in [-0.25, -0.2) is 0 Å². The lowest BCUT2D eigenvalue weighted by molar-refractivity contribution is -0.139. The highest BCUT2D eigenvalue weighted by Crippen LogP contribution is 2.08. The minimum atomic E-state index is -0.810. The van der Waals surface area contributed by atoms with Crippen LogP contribution in [0.15, 0.2) is 0 Å². The molecule has 0 radical (unpaired) electrons. The van der Waals surface area contributed by atoms with Crippen LogP contribution in [-0.4, -0.2) is 18.1 Å². The molecular weight excluding hydrogens is 142 g/mol. The summed E-state index contributed by atoms with van der Waals surface area (Å²) in [5.74, 6) is -0.409. The zero-order valence-electron chi connectivity index (χ0n) is 7.52. The Morgan fingerprint density at radius 2 is 2.09 bits per heavy atom. The maximum Gasteiger partial charge on any atom is 0.249 e. The minimum Gasteiger partial charge on any atom is -0.367 e. The fourth-order valence-electron chi connectivity index (χ4n) is 0.543. The molecule has 0 heterocycles. The van der Waals surface area contributed by atoms with Gasteiger partial charge in [-0.2, -0.15) is 0 Å². The molecule has 1 amide bonds. The molecule has 0 saturated carbocycles. The summed E-state index contributed by atoms with van der Waals surface area (Å²) in [5.41, 5.74) is 4.28. The fourth-order valence-corrected chi connectivity index (χ4v) is 0.543. The number of carbonyl (C=O) groups excluding carboxylic acids is 1. The Kier molecular flexibility index (Phi) is 4.11. The molecule has 0 aliphatic heterocycles. The van der Waals surface area contributed by atoms with Gasteiger partial charge in [0.05, 0.1) is 0 Å². The smallest absolute Gasteiger partial charge is 0.249 e. The van der Waals surface area contributed by atoms with Gasteiger partial charge in [-0.3, -0.25) is 4.79 Å². The third kappa shape index (κ3) is 3.98. The number of nitrogens with two attached hydrogens (primary N) is 1. The van der Waals surface area contributed by atoms with Crippen LogP contribution in [-0.2, 0) is 9.53 Å². The molecule has 0 aromatic rings. The quantitative estimate of drug-likeness (QED) is 0.610. The summed E-state index contributed by atoms with van der Waals surface area (Å²) >= 11 is 0. The van der Waals surface area contributed by atoms with Crippen LogP contribution in [0.1, 0.15) is 33.6 Å². The van der Waals surface area contributed by atoms with Crippen LogP contribution in [0.25, 0.3) is 0 Å². The Hall–Kier alpha value is -0.570. The van der Waals surface area contributed by atoms with Crippen molar-refractivity contribution < 1.29 is 9.53 Å². The van der Waals surface area contributed by atoms with E-state index in [1.54, 1.807) is 13.8 Å². The molecule has 0 atom stereocenters. The molecule has 0 rings (SSSR count). The number of ether oxygens (including phenoxy) is 1. The molecule has 11 heavy (non-hydrogen) atoms. The molecule has 3 heteroatoms. The number of carbonyl (C=O) groups is 1. The van der Waals surface area contributed by atoms with E-state index in [9.17, 15) is 4.79 Å². The molecule has 0 aromatic heterocycles. The van der Waals surface area contributed by atoms with E-state index in [4.69, 9.17) is 10.5 Å². The fraction of sp³-hybridized carbons (Fsp3) is 0.875. The van der Waals surface area contributed by atoms with Crippen LogP contribution < -0.4 is 5.73 Å². The lowest BCUT2D eigenvalue weighted by Crippen LogP contribution is -2.40. The van der Waals surface area contributed by atoms with E-state index in [0.717, 1.165) is 12.8 Å². The Balaban J connectivity index is 3.64. The second-order valence-electron chi connectivity index (χ2n) is 3.08. The number of amides is 1. The maximum atomic E-state index is 10.7. The molecule has 0 aliphatic rings. The summed E-state index contributed by atoms with van der Waals surface area (Å²) < 4.78 is 5.26. The zero-order valence-corrected chi connectivity index (χ0v) is 7.52. The van der Waals surface area contributed by atoms with Crippen molar-refractivity contribution in [3.63, 3.8) is 0 Å². The van der Waals surface area contributed by atoms with Crippen molar-refractivity contribution >= 4 is 5.91 Å². The van der Waals surface area contributed by atoms with Gasteiger partial charge in [-0.1, -0.05) is 13.3 Å². The van der Waals surface area contributed by atoms with Gasteiger partial charge in [-0.15, -0.1) is 0 Å². The van der Waals surface area contributed by atoms with Crippen molar-refractivity contribution in [2.45, 2.75) is 39.2 Å². The predicted molar refractivity (Wildman–Crippen MR) is 44.1 cm³/mol.